The second-order valence-electron chi connectivity index (χ2n) is 3.03. The SMILES string of the molecule is CCC(=O)c1c(F)c(F)c(C)c(F)c1F. The van der Waals surface area contributed by atoms with Crippen LogP contribution in [0.5, 0.6) is 0 Å². The number of halogens is 4. The molecule has 1 rings (SSSR count). The van der Waals surface area contributed by atoms with Crippen molar-refractivity contribution >= 4 is 5.78 Å². The van der Waals surface area contributed by atoms with Gasteiger partial charge in [-0.05, 0) is 6.92 Å². The van der Waals surface area contributed by atoms with Gasteiger partial charge in [-0.25, -0.2) is 17.6 Å². The van der Waals surface area contributed by atoms with E-state index in [9.17, 15) is 22.4 Å². The highest BCUT2D eigenvalue weighted by Crippen LogP contribution is 2.24. The second-order valence-corrected chi connectivity index (χ2v) is 3.03. The number of rotatable bonds is 2. The van der Waals surface area contributed by atoms with E-state index in [1.54, 1.807) is 0 Å². The van der Waals surface area contributed by atoms with E-state index in [0.717, 1.165) is 6.92 Å². The van der Waals surface area contributed by atoms with Crippen LogP contribution >= 0.6 is 0 Å². The lowest BCUT2D eigenvalue weighted by molar-refractivity contribution is 0.0977. The third-order valence-electron chi connectivity index (χ3n) is 2.08. The second kappa shape index (κ2) is 4.00. The smallest absolute Gasteiger partial charge is 0.173 e. The fourth-order valence-electron chi connectivity index (χ4n) is 1.16. The largest absolute Gasteiger partial charge is 0.294 e. The molecule has 0 amide bonds. The Hall–Kier alpha value is -1.39. The molecule has 0 unspecified atom stereocenters. The zero-order chi connectivity index (χ0) is 11.7. The van der Waals surface area contributed by atoms with E-state index in [2.05, 4.69) is 0 Å². The lowest BCUT2D eigenvalue weighted by atomic mass is 10.0. The summed E-state index contributed by atoms with van der Waals surface area (Å²) in [5, 5.41) is 0. The number of carbonyl (C=O) groups is 1. The predicted octanol–water partition coefficient (Wildman–Crippen LogP) is 3.14. The first kappa shape index (κ1) is 11.7. The molecule has 82 valence electrons. The van der Waals surface area contributed by atoms with Crippen molar-refractivity contribution < 1.29 is 22.4 Å². The predicted molar refractivity (Wildman–Crippen MR) is 45.6 cm³/mol. The molecule has 15 heavy (non-hydrogen) atoms. The Bertz CT molecular complexity index is 397. The first-order valence-electron chi connectivity index (χ1n) is 4.27. The van der Waals surface area contributed by atoms with E-state index in [1.165, 1.54) is 6.92 Å². The average molecular weight is 220 g/mol. The van der Waals surface area contributed by atoms with Gasteiger partial charge in [0.25, 0.3) is 0 Å². The minimum absolute atomic E-state index is 0.226. The molecule has 0 aliphatic carbocycles. The quantitative estimate of drug-likeness (QED) is 0.425. The van der Waals surface area contributed by atoms with Crippen LogP contribution < -0.4 is 0 Å². The molecule has 0 bridgehead atoms. The maximum atomic E-state index is 13.1. The minimum atomic E-state index is -1.63. The van der Waals surface area contributed by atoms with Crippen LogP contribution in [-0.2, 0) is 0 Å². The molecule has 0 atom stereocenters. The summed E-state index contributed by atoms with van der Waals surface area (Å²) in [5.41, 5.74) is -1.91. The third kappa shape index (κ3) is 1.73. The van der Waals surface area contributed by atoms with Gasteiger partial charge in [0.05, 0.1) is 5.56 Å². The summed E-state index contributed by atoms with van der Waals surface area (Å²) < 4.78 is 52.3. The van der Waals surface area contributed by atoms with Crippen LogP contribution in [0.25, 0.3) is 0 Å². The van der Waals surface area contributed by atoms with Crippen molar-refractivity contribution in [2.75, 3.05) is 0 Å². The van der Waals surface area contributed by atoms with E-state index >= 15 is 0 Å². The number of ketones is 1. The van der Waals surface area contributed by atoms with Gasteiger partial charge in [0.15, 0.2) is 29.1 Å². The standard InChI is InChI=1S/C10H8F4O/c1-3-5(15)6-9(13)7(11)4(2)8(12)10(6)14/h3H2,1-2H3. The lowest BCUT2D eigenvalue weighted by Gasteiger charge is -2.07. The molecule has 5 heteroatoms. The summed E-state index contributed by atoms with van der Waals surface area (Å²) in [6.45, 7) is 2.24. The van der Waals surface area contributed by atoms with Gasteiger partial charge in [0, 0.05) is 12.0 Å². The van der Waals surface area contributed by atoms with Gasteiger partial charge >= 0.3 is 0 Å². The maximum Gasteiger partial charge on any atom is 0.173 e. The van der Waals surface area contributed by atoms with Crippen LogP contribution in [0.2, 0.25) is 0 Å². The highest BCUT2D eigenvalue weighted by atomic mass is 19.2. The van der Waals surface area contributed by atoms with E-state index in [4.69, 9.17) is 0 Å². The van der Waals surface area contributed by atoms with Gasteiger partial charge in [-0.1, -0.05) is 6.92 Å². The summed E-state index contributed by atoms with van der Waals surface area (Å²) in [4.78, 5) is 11.1. The molecule has 0 saturated heterocycles. The van der Waals surface area contributed by atoms with Crippen LogP contribution in [0.1, 0.15) is 29.3 Å². The molecule has 0 saturated carbocycles. The number of carbonyl (C=O) groups excluding carboxylic acids is 1. The highest BCUT2D eigenvalue weighted by molar-refractivity contribution is 5.96. The summed E-state index contributed by atoms with van der Waals surface area (Å²) in [6, 6.07) is 0. The molecule has 0 radical (unpaired) electrons. The van der Waals surface area contributed by atoms with Crippen LogP contribution in [0.3, 0.4) is 0 Å². The fourth-order valence-corrected chi connectivity index (χ4v) is 1.16. The molecule has 1 aromatic carbocycles. The van der Waals surface area contributed by atoms with Crippen molar-refractivity contribution in [1.82, 2.24) is 0 Å². The summed E-state index contributed by atoms with van der Waals surface area (Å²) in [5.74, 6) is -7.27. The van der Waals surface area contributed by atoms with Gasteiger partial charge in [0.2, 0.25) is 0 Å². The maximum absolute atomic E-state index is 13.1. The van der Waals surface area contributed by atoms with Gasteiger partial charge in [-0.15, -0.1) is 0 Å². The monoisotopic (exact) mass is 220 g/mol. The fraction of sp³-hybridized carbons (Fsp3) is 0.300. The van der Waals surface area contributed by atoms with Gasteiger partial charge in [-0.2, -0.15) is 0 Å². The molecule has 0 N–H and O–H groups in total. The number of hydrogen-bond donors (Lipinski definition) is 0. The Morgan fingerprint density at radius 2 is 1.40 bits per heavy atom. The number of benzene rings is 1. The Kier molecular flexibility index (Phi) is 3.12. The normalized spacial score (nSPS) is 10.5. The molecule has 0 aliphatic heterocycles. The number of hydrogen-bond acceptors (Lipinski definition) is 1. The highest BCUT2D eigenvalue weighted by Gasteiger charge is 2.26. The average Bonchev–Trinajstić information content (AvgIpc) is 2.23. The van der Waals surface area contributed by atoms with Crippen LogP contribution in [-0.4, -0.2) is 5.78 Å². The summed E-state index contributed by atoms with van der Waals surface area (Å²) >= 11 is 0. The Morgan fingerprint density at radius 3 is 1.73 bits per heavy atom. The van der Waals surface area contributed by atoms with E-state index in [0.29, 0.717) is 0 Å². The third-order valence-corrected chi connectivity index (χ3v) is 2.08. The zero-order valence-electron chi connectivity index (χ0n) is 8.13. The molecular formula is C10H8F4O. The van der Waals surface area contributed by atoms with Crippen molar-refractivity contribution in [2.45, 2.75) is 20.3 Å². The van der Waals surface area contributed by atoms with Gasteiger partial charge < -0.3 is 0 Å². The first-order valence-corrected chi connectivity index (χ1v) is 4.27. The lowest BCUT2D eigenvalue weighted by Crippen LogP contribution is -2.11. The van der Waals surface area contributed by atoms with Crippen molar-refractivity contribution in [1.29, 1.82) is 0 Å². The van der Waals surface area contributed by atoms with Crippen LogP contribution in [0, 0.1) is 30.2 Å². The van der Waals surface area contributed by atoms with Gasteiger partial charge in [-0.3, -0.25) is 4.79 Å². The zero-order valence-corrected chi connectivity index (χ0v) is 8.13. The minimum Gasteiger partial charge on any atom is -0.294 e. The summed E-state index contributed by atoms with van der Waals surface area (Å²) in [7, 11) is 0. The van der Waals surface area contributed by atoms with Crippen molar-refractivity contribution in [3.63, 3.8) is 0 Å². The molecule has 1 nitrogen and oxygen atoms in total. The molecule has 0 aromatic heterocycles. The summed E-state index contributed by atoms with van der Waals surface area (Å²) in [6.07, 6.45) is -0.226. The molecule has 0 fully saturated rings. The molecule has 0 spiro atoms. The first-order chi connectivity index (χ1) is 6.91. The Labute approximate surface area is 83.7 Å². The van der Waals surface area contributed by atoms with Crippen LogP contribution in [0.15, 0.2) is 0 Å². The van der Waals surface area contributed by atoms with Gasteiger partial charge in [0.1, 0.15) is 0 Å². The molecule has 0 aliphatic rings. The Morgan fingerprint density at radius 1 is 1.00 bits per heavy atom. The van der Waals surface area contributed by atoms with E-state index < -0.39 is 40.2 Å². The van der Waals surface area contributed by atoms with E-state index in [1.807, 2.05) is 0 Å². The molecule has 0 heterocycles. The van der Waals surface area contributed by atoms with E-state index in [-0.39, 0.29) is 6.42 Å². The molecular weight excluding hydrogens is 212 g/mol. The topological polar surface area (TPSA) is 17.1 Å². The number of Topliss-reactive ketones (excluding diaryl/α,β-unsaturated/α-hetero) is 1. The van der Waals surface area contributed by atoms with Crippen molar-refractivity contribution in [2.24, 2.45) is 0 Å². The van der Waals surface area contributed by atoms with Crippen molar-refractivity contribution in [3.8, 4) is 0 Å². The van der Waals surface area contributed by atoms with Crippen LogP contribution in [0.4, 0.5) is 17.6 Å². The Balaban J connectivity index is 3.60. The molecule has 1 aromatic rings. The van der Waals surface area contributed by atoms with Crippen molar-refractivity contribution in [3.05, 3.63) is 34.4 Å².